The second-order valence-electron chi connectivity index (χ2n) is 5.56. The predicted molar refractivity (Wildman–Crippen MR) is 96.7 cm³/mol. The van der Waals surface area contributed by atoms with Crippen molar-refractivity contribution in [3.05, 3.63) is 48.0 Å². The van der Waals surface area contributed by atoms with Crippen LogP contribution in [-0.4, -0.2) is 40.3 Å². The quantitative estimate of drug-likeness (QED) is 0.587. The zero-order valence-corrected chi connectivity index (χ0v) is 14.1. The Labute approximate surface area is 148 Å². The smallest absolute Gasteiger partial charge is 0.258 e. The number of rotatable bonds is 4. The molecule has 8 heteroatoms. The molecule has 0 saturated carbocycles. The van der Waals surface area contributed by atoms with Gasteiger partial charge in [-0.05, 0) is 36.4 Å². The lowest BCUT2D eigenvalue weighted by atomic mass is 10.2. The van der Waals surface area contributed by atoms with Crippen molar-refractivity contribution < 1.29 is 14.3 Å². The number of carbonyl (C=O) groups excluding carboxylic acids is 1. The maximum Gasteiger partial charge on any atom is 0.258 e. The van der Waals surface area contributed by atoms with Crippen molar-refractivity contribution in [1.82, 2.24) is 20.2 Å². The lowest BCUT2D eigenvalue weighted by molar-refractivity contribution is 0.102. The van der Waals surface area contributed by atoms with Crippen molar-refractivity contribution in [2.45, 2.75) is 0 Å². The van der Waals surface area contributed by atoms with Gasteiger partial charge in [0, 0.05) is 16.5 Å². The van der Waals surface area contributed by atoms with Crippen LogP contribution in [-0.2, 0) is 0 Å². The molecule has 8 nitrogen and oxygen atoms in total. The maximum absolute atomic E-state index is 12.4. The number of hydrogen-bond donors (Lipinski definition) is 2. The average Bonchev–Trinajstić information content (AvgIpc) is 3.04. The number of fused-ring (bicyclic) bond motifs is 3. The molecule has 2 N–H and O–H groups in total. The molecule has 4 rings (SSSR count). The number of ether oxygens (including phenoxy) is 2. The Morgan fingerprint density at radius 1 is 1.04 bits per heavy atom. The van der Waals surface area contributed by atoms with E-state index in [-0.39, 0.29) is 11.9 Å². The molecule has 0 saturated heterocycles. The first-order valence-corrected chi connectivity index (χ1v) is 7.83. The topological polar surface area (TPSA) is 102 Å². The van der Waals surface area contributed by atoms with Crippen LogP contribution in [0, 0.1) is 0 Å². The fourth-order valence-electron chi connectivity index (χ4n) is 2.67. The monoisotopic (exact) mass is 349 g/mol. The molecule has 0 radical (unpaired) electrons. The first-order valence-electron chi connectivity index (χ1n) is 7.83. The molecule has 2 aromatic carbocycles. The fraction of sp³-hybridized carbons (Fsp3) is 0.111. The van der Waals surface area contributed by atoms with Gasteiger partial charge in [0.05, 0.1) is 14.2 Å². The molecule has 2 aromatic heterocycles. The molecular weight excluding hydrogens is 334 g/mol. The Hall–Kier alpha value is -3.68. The number of amides is 1. The van der Waals surface area contributed by atoms with E-state index in [1.165, 1.54) is 0 Å². The summed E-state index contributed by atoms with van der Waals surface area (Å²) in [5, 5.41) is 11.7. The molecule has 0 atom stereocenters. The molecule has 0 aliphatic carbocycles. The van der Waals surface area contributed by atoms with Crippen molar-refractivity contribution in [2.75, 3.05) is 19.5 Å². The van der Waals surface area contributed by atoms with Crippen LogP contribution in [0.4, 0.5) is 5.95 Å². The summed E-state index contributed by atoms with van der Waals surface area (Å²) < 4.78 is 10.4. The second-order valence-corrected chi connectivity index (χ2v) is 5.56. The van der Waals surface area contributed by atoms with E-state index in [0.29, 0.717) is 22.5 Å². The lowest BCUT2D eigenvalue weighted by Crippen LogP contribution is -2.14. The molecule has 2 heterocycles. The van der Waals surface area contributed by atoms with Gasteiger partial charge < -0.3 is 14.5 Å². The molecule has 4 aromatic rings. The molecule has 26 heavy (non-hydrogen) atoms. The number of H-pyrrole nitrogens is 1. The van der Waals surface area contributed by atoms with Crippen molar-refractivity contribution in [3.63, 3.8) is 0 Å². The van der Waals surface area contributed by atoms with Crippen LogP contribution in [0.1, 0.15) is 10.4 Å². The average molecular weight is 349 g/mol. The zero-order valence-electron chi connectivity index (χ0n) is 14.1. The predicted octanol–water partition coefficient (Wildman–Crippen LogP) is 2.78. The highest BCUT2D eigenvalue weighted by atomic mass is 16.5. The van der Waals surface area contributed by atoms with E-state index >= 15 is 0 Å². The number of aromatic nitrogens is 4. The number of anilines is 1. The van der Waals surface area contributed by atoms with Crippen LogP contribution < -0.4 is 14.8 Å². The van der Waals surface area contributed by atoms with Gasteiger partial charge in [0.25, 0.3) is 11.9 Å². The summed E-state index contributed by atoms with van der Waals surface area (Å²) in [6, 6.07) is 12.4. The molecule has 130 valence electrons. The minimum atomic E-state index is -0.345. The number of carbonyl (C=O) groups is 1. The van der Waals surface area contributed by atoms with Crippen LogP contribution in [0.25, 0.3) is 22.1 Å². The van der Waals surface area contributed by atoms with E-state index in [4.69, 9.17) is 9.47 Å². The van der Waals surface area contributed by atoms with E-state index in [1.807, 2.05) is 18.2 Å². The molecule has 0 bridgehead atoms. The van der Waals surface area contributed by atoms with Crippen LogP contribution in [0.2, 0.25) is 0 Å². The lowest BCUT2D eigenvalue weighted by Gasteiger charge is -2.05. The van der Waals surface area contributed by atoms with Crippen molar-refractivity contribution in [1.29, 1.82) is 0 Å². The van der Waals surface area contributed by atoms with Gasteiger partial charge in [-0.1, -0.05) is 6.07 Å². The van der Waals surface area contributed by atoms with E-state index in [9.17, 15) is 4.79 Å². The Kier molecular flexibility index (Phi) is 3.85. The second kappa shape index (κ2) is 6.32. The SMILES string of the molecule is COc1cccc(C(=O)Nc2nnc3c(n2)[nH]c2ccc(OC)cc23)c1. The number of methoxy groups -OCH3 is 2. The number of hydrogen-bond acceptors (Lipinski definition) is 6. The maximum atomic E-state index is 12.4. The Morgan fingerprint density at radius 3 is 2.65 bits per heavy atom. The summed E-state index contributed by atoms with van der Waals surface area (Å²) in [5.41, 5.74) is 2.44. The van der Waals surface area contributed by atoms with E-state index in [1.54, 1.807) is 38.5 Å². The summed E-state index contributed by atoms with van der Waals surface area (Å²) in [5.74, 6) is 1.08. The number of nitrogens with one attached hydrogen (secondary N) is 2. The third-order valence-electron chi connectivity index (χ3n) is 3.98. The number of benzene rings is 2. The van der Waals surface area contributed by atoms with Gasteiger partial charge in [-0.15, -0.1) is 10.2 Å². The van der Waals surface area contributed by atoms with Gasteiger partial charge >= 0.3 is 0 Å². The zero-order chi connectivity index (χ0) is 18.1. The molecule has 0 aliphatic rings. The largest absolute Gasteiger partial charge is 0.497 e. The minimum Gasteiger partial charge on any atom is -0.497 e. The Balaban J connectivity index is 1.66. The Bertz CT molecular complexity index is 1120. The van der Waals surface area contributed by atoms with Crippen LogP contribution in [0.15, 0.2) is 42.5 Å². The molecule has 0 unspecified atom stereocenters. The molecule has 0 aliphatic heterocycles. The highest BCUT2D eigenvalue weighted by Crippen LogP contribution is 2.26. The molecule has 0 spiro atoms. The molecular formula is C18H15N5O3. The van der Waals surface area contributed by atoms with Gasteiger partial charge in [0.2, 0.25) is 0 Å². The summed E-state index contributed by atoms with van der Waals surface area (Å²) in [6.07, 6.45) is 0. The summed E-state index contributed by atoms with van der Waals surface area (Å²) >= 11 is 0. The minimum absolute atomic E-state index is 0.115. The van der Waals surface area contributed by atoms with Crippen molar-refractivity contribution in [2.24, 2.45) is 0 Å². The van der Waals surface area contributed by atoms with Crippen molar-refractivity contribution >= 4 is 33.9 Å². The van der Waals surface area contributed by atoms with Crippen LogP contribution >= 0.6 is 0 Å². The van der Waals surface area contributed by atoms with E-state index in [2.05, 4.69) is 25.5 Å². The molecule has 0 fully saturated rings. The third-order valence-corrected chi connectivity index (χ3v) is 3.98. The van der Waals surface area contributed by atoms with Gasteiger partial charge in [-0.25, -0.2) is 0 Å². The normalized spacial score (nSPS) is 10.8. The molecule has 1 amide bonds. The summed E-state index contributed by atoms with van der Waals surface area (Å²) in [4.78, 5) is 19.9. The Morgan fingerprint density at radius 2 is 1.85 bits per heavy atom. The van der Waals surface area contributed by atoms with Crippen molar-refractivity contribution in [3.8, 4) is 11.5 Å². The number of aromatic amines is 1. The summed E-state index contributed by atoms with van der Waals surface area (Å²) in [7, 11) is 3.15. The highest BCUT2D eigenvalue weighted by Gasteiger charge is 2.13. The van der Waals surface area contributed by atoms with Gasteiger partial charge in [-0.2, -0.15) is 4.98 Å². The third kappa shape index (κ3) is 2.77. The van der Waals surface area contributed by atoms with Crippen LogP contribution in [0.3, 0.4) is 0 Å². The highest BCUT2D eigenvalue weighted by molar-refractivity contribution is 6.06. The van der Waals surface area contributed by atoms with Gasteiger partial charge in [0.15, 0.2) is 5.65 Å². The number of nitrogens with zero attached hydrogens (tertiary/aromatic N) is 3. The first kappa shape index (κ1) is 15.8. The standard InChI is InChI=1S/C18H15N5O3/c1-25-11-5-3-4-10(8-11)17(24)21-18-20-16-15(22-23-18)13-9-12(26-2)6-7-14(13)19-16/h3-9H,1-2H3,(H2,19,20,21,23,24). The summed E-state index contributed by atoms with van der Waals surface area (Å²) in [6.45, 7) is 0. The van der Waals surface area contributed by atoms with E-state index < -0.39 is 0 Å². The van der Waals surface area contributed by atoms with Gasteiger partial charge in [-0.3, -0.25) is 10.1 Å². The van der Waals surface area contributed by atoms with Crippen LogP contribution in [0.5, 0.6) is 11.5 Å². The van der Waals surface area contributed by atoms with Gasteiger partial charge in [0.1, 0.15) is 17.0 Å². The first-order chi connectivity index (χ1) is 12.7. The fourth-order valence-corrected chi connectivity index (χ4v) is 2.67. The van der Waals surface area contributed by atoms with E-state index in [0.717, 1.165) is 16.7 Å².